The minimum atomic E-state index is -0.643. The minimum absolute atomic E-state index is 0.179. The highest BCUT2D eigenvalue weighted by atomic mass is 16.6. The topological polar surface area (TPSA) is 77.7 Å². The maximum atomic E-state index is 12.0. The van der Waals surface area contributed by atoms with Crippen LogP contribution in [0, 0.1) is 0 Å². The number of hydrazine groups is 1. The first-order valence-electron chi connectivity index (χ1n) is 7.72. The average molecular weight is 329 g/mol. The van der Waals surface area contributed by atoms with E-state index < -0.39 is 11.7 Å². The van der Waals surface area contributed by atoms with E-state index in [2.05, 4.69) is 4.98 Å². The van der Waals surface area contributed by atoms with Gasteiger partial charge in [0.15, 0.2) is 0 Å². The number of hydrogen-bond donors (Lipinski definition) is 1. The SMILES string of the molecule is CC(Oc1cc(N(N)C(=O)OC(C)(C)C)ccn1)c1ccccc1. The van der Waals surface area contributed by atoms with E-state index in [1.165, 1.54) is 6.20 Å². The third-order valence-corrected chi connectivity index (χ3v) is 3.15. The Morgan fingerprint density at radius 3 is 2.50 bits per heavy atom. The van der Waals surface area contributed by atoms with Crippen molar-refractivity contribution in [3.05, 3.63) is 54.2 Å². The number of benzene rings is 1. The van der Waals surface area contributed by atoms with Crippen molar-refractivity contribution in [1.29, 1.82) is 0 Å². The molecule has 0 aliphatic rings. The zero-order chi connectivity index (χ0) is 17.7. The second-order valence-electron chi connectivity index (χ2n) is 6.37. The van der Waals surface area contributed by atoms with E-state index in [4.69, 9.17) is 15.3 Å². The number of carbonyl (C=O) groups is 1. The molecule has 0 spiro atoms. The number of carbonyl (C=O) groups excluding carboxylic acids is 1. The summed E-state index contributed by atoms with van der Waals surface area (Å²) in [7, 11) is 0. The molecule has 1 heterocycles. The molecule has 1 aromatic heterocycles. The minimum Gasteiger partial charge on any atom is -0.470 e. The quantitative estimate of drug-likeness (QED) is 0.524. The molecule has 24 heavy (non-hydrogen) atoms. The second kappa shape index (κ2) is 7.31. The van der Waals surface area contributed by atoms with Gasteiger partial charge in [-0.15, -0.1) is 0 Å². The fourth-order valence-electron chi connectivity index (χ4n) is 2.00. The highest BCUT2D eigenvalue weighted by Gasteiger charge is 2.21. The summed E-state index contributed by atoms with van der Waals surface area (Å²) in [6.07, 6.45) is 0.713. The van der Waals surface area contributed by atoms with E-state index in [-0.39, 0.29) is 6.10 Å². The largest absolute Gasteiger partial charge is 0.470 e. The van der Waals surface area contributed by atoms with E-state index in [1.807, 2.05) is 37.3 Å². The van der Waals surface area contributed by atoms with Crippen molar-refractivity contribution in [3.8, 4) is 5.88 Å². The summed E-state index contributed by atoms with van der Waals surface area (Å²) >= 11 is 0. The van der Waals surface area contributed by atoms with Gasteiger partial charge in [0, 0.05) is 12.3 Å². The van der Waals surface area contributed by atoms with Gasteiger partial charge in [-0.2, -0.15) is 0 Å². The van der Waals surface area contributed by atoms with Crippen LogP contribution in [0.2, 0.25) is 0 Å². The van der Waals surface area contributed by atoms with Crippen molar-refractivity contribution >= 4 is 11.8 Å². The van der Waals surface area contributed by atoms with Crippen LogP contribution in [0.4, 0.5) is 10.5 Å². The number of pyridine rings is 1. The monoisotopic (exact) mass is 329 g/mol. The molecular weight excluding hydrogens is 306 g/mol. The van der Waals surface area contributed by atoms with Gasteiger partial charge in [-0.3, -0.25) is 0 Å². The molecule has 0 aliphatic carbocycles. The summed E-state index contributed by atoms with van der Waals surface area (Å²) in [6.45, 7) is 7.27. The number of rotatable bonds is 4. The van der Waals surface area contributed by atoms with Gasteiger partial charge in [0.25, 0.3) is 0 Å². The van der Waals surface area contributed by atoms with Crippen LogP contribution >= 0.6 is 0 Å². The average Bonchev–Trinajstić information content (AvgIpc) is 2.53. The lowest BCUT2D eigenvalue weighted by atomic mass is 10.1. The zero-order valence-corrected chi connectivity index (χ0v) is 14.4. The summed E-state index contributed by atoms with van der Waals surface area (Å²) in [5, 5.41) is 0.937. The molecule has 1 amide bonds. The molecule has 1 aromatic carbocycles. The van der Waals surface area contributed by atoms with Crippen LogP contribution in [0.25, 0.3) is 0 Å². The third kappa shape index (κ3) is 4.96. The van der Waals surface area contributed by atoms with Crippen LogP contribution in [0.15, 0.2) is 48.7 Å². The van der Waals surface area contributed by atoms with Gasteiger partial charge in [-0.1, -0.05) is 30.3 Å². The predicted molar refractivity (Wildman–Crippen MR) is 92.6 cm³/mol. The zero-order valence-electron chi connectivity index (χ0n) is 14.4. The molecule has 0 aliphatic heterocycles. The van der Waals surface area contributed by atoms with Crippen LogP contribution in [-0.2, 0) is 4.74 Å². The van der Waals surface area contributed by atoms with Crippen LogP contribution < -0.4 is 15.6 Å². The lowest BCUT2D eigenvalue weighted by Crippen LogP contribution is -2.41. The van der Waals surface area contributed by atoms with Gasteiger partial charge in [-0.25, -0.2) is 20.6 Å². The van der Waals surface area contributed by atoms with Crippen LogP contribution in [-0.4, -0.2) is 16.7 Å². The van der Waals surface area contributed by atoms with E-state index in [9.17, 15) is 4.79 Å². The van der Waals surface area contributed by atoms with E-state index in [0.29, 0.717) is 11.6 Å². The number of anilines is 1. The first-order chi connectivity index (χ1) is 11.3. The number of aromatic nitrogens is 1. The Kier molecular flexibility index (Phi) is 5.41. The fourth-order valence-corrected chi connectivity index (χ4v) is 2.00. The van der Waals surface area contributed by atoms with Gasteiger partial charge < -0.3 is 9.47 Å². The van der Waals surface area contributed by atoms with Crippen molar-refractivity contribution in [2.45, 2.75) is 39.4 Å². The molecule has 2 N–H and O–H groups in total. The molecule has 0 saturated carbocycles. The molecule has 128 valence electrons. The van der Waals surface area contributed by atoms with Gasteiger partial charge in [0.1, 0.15) is 11.7 Å². The normalized spacial score (nSPS) is 12.4. The van der Waals surface area contributed by atoms with Gasteiger partial charge in [-0.05, 0) is 39.3 Å². The smallest absolute Gasteiger partial charge is 0.429 e. The molecule has 0 fully saturated rings. The second-order valence-corrected chi connectivity index (χ2v) is 6.37. The number of hydrogen-bond acceptors (Lipinski definition) is 5. The standard InChI is InChI=1S/C18H23N3O3/c1-13(14-8-6-5-7-9-14)23-16-12-15(10-11-20-16)21(19)17(22)24-18(2,3)4/h5-13H,19H2,1-4H3. The number of ether oxygens (including phenoxy) is 2. The maximum absolute atomic E-state index is 12.0. The Morgan fingerprint density at radius 2 is 1.88 bits per heavy atom. The Labute approximate surface area is 142 Å². The molecular formula is C18H23N3O3. The molecule has 0 saturated heterocycles. The van der Waals surface area contributed by atoms with Crippen LogP contribution in [0.3, 0.4) is 0 Å². The molecule has 1 atom stereocenters. The molecule has 1 unspecified atom stereocenters. The summed E-state index contributed by atoms with van der Waals surface area (Å²) in [5.41, 5.74) is 0.846. The number of nitrogens with zero attached hydrogens (tertiary/aromatic N) is 2. The van der Waals surface area contributed by atoms with E-state index >= 15 is 0 Å². The molecule has 2 rings (SSSR count). The first-order valence-corrected chi connectivity index (χ1v) is 7.72. The Hall–Kier alpha value is -2.60. The highest BCUT2D eigenvalue weighted by molar-refractivity contribution is 5.86. The van der Waals surface area contributed by atoms with Crippen LogP contribution in [0.1, 0.15) is 39.4 Å². The molecule has 0 bridgehead atoms. The molecule has 6 heteroatoms. The van der Waals surface area contributed by atoms with Crippen molar-refractivity contribution in [2.75, 3.05) is 5.01 Å². The van der Waals surface area contributed by atoms with Crippen molar-refractivity contribution in [1.82, 2.24) is 4.98 Å². The Balaban J connectivity index is 2.10. The summed E-state index contributed by atoms with van der Waals surface area (Å²) in [4.78, 5) is 16.2. The number of nitrogens with two attached hydrogens (primary N) is 1. The number of amides is 1. The Morgan fingerprint density at radius 1 is 1.21 bits per heavy atom. The summed E-state index contributed by atoms with van der Waals surface area (Å²) < 4.78 is 11.1. The van der Waals surface area contributed by atoms with E-state index in [1.54, 1.807) is 32.9 Å². The lowest BCUT2D eigenvalue weighted by Gasteiger charge is -2.24. The fraction of sp³-hybridized carbons (Fsp3) is 0.333. The van der Waals surface area contributed by atoms with Crippen LogP contribution in [0.5, 0.6) is 5.88 Å². The highest BCUT2D eigenvalue weighted by Crippen LogP contribution is 2.23. The van der Waals surface area contributed by atoms with Crippen molar-refractivity contribution in [3.63, 3.8) is 0 Å². The third-order valence-electron chi connectivity index (χ3n) is 3.15. The predicted octanol–water partition coefficient (Wildman–Crippen LogP) is 3.84. The lowest BCUT2D eigenvalue weighted by molar-refractivity contribution is 0.0580. The molecule has 0 radical (unpaired) electrons. The van der Waals surface area contributed by atoms with Crippen molar-refractivity contribution in [2.24, 2.45) is 5.84 Å². The van der Waals surface area contributed by atoms with Gasteiger partial charge in [0.2, 0.25) is 5.88 Å². The summed E-state index contributed by atoms with van der Waals surface area (Å²) in [5.74, 6) is 6.21. The molecule has 6 nitrogen and oxygen atoms in total. The van der Waals surface area contributed by atoms with Crippen molar-refractivity contribution < 1.29 is 14.3 Å². The van der Waals surface area contributed by atoms with Gasteiger partial charge in [0.05, 0.1) is 5.69 Å². The maximum Gasteiger partial charge on any atom is 0.429 e. The Bertz CT molecular complexity index is 683. The van der Waals surface area contributed by atoms with Gasteiger partial charge >= 0.3 is 6.09 Å². The van der Waals surface area contributed by atoms with E-state index in [0.717, 1.165) is 10.6 Å². The summed E-state index contributed by atoms with van der Waals surface area (Å²) in [6, 6.07) is 13.0. The molecule has 2 aromatic rings. The first kappa shape index (κ1) is 17.7.